The van der Waals surface area contributed by atoms with Crippen LogP contribution in [0.4, 0.5) is 8.78 Å². The molecule has 1 atom stereocenters. The first-order chi connectivity index (χ1) is 8.45. The number of aliphatic hydroxyl groups excluding tert-OH is 1. The van der Waals surface area contributed by atoms with Crippen molar-refractivity contribution in [1.82, 2.24) is 5.32 Å². The van der Waals surface area contributed by atoms with Crippen molar-refractivity contribution in [1.29, 1.82) is 0 Å². The summed E-state index contributed by atoms with van der Waals surface area (Å²) in [5, 5.41) is 11.7. The Bertz CT molecular complexity index is 443. The number of hydrogen-bond acceptors (Lipinski definition) is 3. The van der Waals surface area contributed by atoms with Crippen molar-refractivity contribution < 1.29 is 23.4 Å². The van der Waals surface area contributed by atoms with Crippen LogP contribution in [0.2, 0.25) is 0 Å². The Kier molecular flexibility index (Phi) is 5.64. The number of hydrogen-bond donors (Lipinski definition) is 2. The van der Waals surface area contributed by atoms with Gasteiger partial charge in [-0.05, 0) is 28.1 Å². The summed E-state index contributed by atoms with van der Waals surface area (Å²) in [5.41, 5.74) is -0.0430. The first-order valence-corrected chi connectivity index (χ1v) is 5.84. The molecular formula is C11H12BrF2NO3. The van der Waals surface area contributed by atoms with Gasteiger partial charge in [-0.2, -0.15) is 0 Å². The van der Waals surface area contributed by atoms with Crippen molar-refractivity contribution in [2.24, 2.45) is 0 Å². The lowest BCUT2D eigenvalue weighted by atomic mass is 10.2. The minimum atomic E-state index is -1.11. The maximum Gasteiger partial charge on any atom is 0.252 e. The normalized spacial score (nSPS) is 12.3. The molecule has 18 heavy (non-hydrogen) atoms. The molecule has 0 spiro atoms. The number of rotatable bonds is 5. The number of halogens is 3. The number of methoxy groups -OCH3 is 1. The van der Waals surface area contributed by atoms with Gasteiger partial charge < -0.3 is 15.2 Å². The quantitative estimate of drug-likeness (QED) is 0.807. The molecule has 2 N–H and O–H groups in total. The largest absolute Gasteiger partial charge is 0.389 e. The molecule has 0 bridgehead atoms. The van der Waals surface area contributed by atoms with Crippen molar-refractivity contribution in [2.45, 2.75) is 6.10 Å². The van der Waals surface area contributed by atoms with Crippen molar-refractivity contribution >= 4 is 21.8 Å². The zero-order valence-electron chi connectivity index (χ0n) is 9.54. The van der Waals surface area contributed by atoms with E-state index in [0.717, 1.165) is 12.1 Å². The van der Waals surface area contributed by atoms with E-state index in [9.17, 15) is 18.7 Å². The fraction of sp³-hybridized carbons (Fsp3) is 0.364. The van der Waals surface area contributed by atoms with Gasteiger partial charge in [-0.15, -0.1) is 0 Å². The van der Waals surface area contributed by atoms with Crippen molar-refractivity contribution in [3.63, 3.8) is 0 Å². The van der Waals surface area contributed by atoms with E-state index in [1.807, 2.05) is 0 Å². The van der Waals surface area contributed by atoms with E-state index in [1.165, 1.54) is 7.11 Å². The van der Waals surface area contributed by atoms with Crippen molar-refractivity contribution in [2.75, 3.05) is 20.3 Å². The fourth-order valence-electron chi connectivity index (χ4n) is 1.25. The van der Waals surface area contributed by atoms with Crippen LogP contribution in [0.1, 0.15) is 10.4 Å². The second kappa shape index (κ2) is 6.77. The molecular weight excluding hydrogens is 312 g/mol. The molecule has 0 saturated carbocycles. The number of nitrogens with one attached hydrogen (secondary N) is 1. The summed E-state index contributed by atoms with van der Waals surface area (Å²) in [6.07, 6.45) is -0.858. The van der Waals surface area contributed by atoms with Gasteiger partial charge in [0.2, 0.25) is 0 Å². The SMILES string of the molecule is COCC(O)CNC(=O)c1cc(F)c(F)cc1Br. The standard InChI is InChI=1S/C11H12BrF2NO3/c1-18-5-6(16)4-15-11(17)7-2-9(13)10(14)3-8(7)12/h2-3,6,16H,4-5H2,1H3,(H,15,17). The summed E-state index contributed by atoms with van der Waals surface area (Å²) in [7, 11) is 1.41. The van der Waals surface area contributed by atoms with Crippen LogP contribution in [0, 0.1) is 11.6 Å². The Morgan fingerprint density at radius 2 is 2.11 bits per heavy atom. The molecule has 0 fully saturated rings. The van der Waals surface area contributed by atoms with E-state index >= 15 is 0 Å². The lowest BCUT2D eigenvalue weighted by Gasteiger charge is -2.11. The molecule has 1 aromatic rings. The molecule has 0 radical (unpaired) electrons. The molecule has 0 aliphatic carbocycles. The Hall–Kier alpha value is -1.05. The molecule has 1 amide bonds. The molecule has 0 aliphatic rings. The van der Waals surface area contributed by atoms with E-state index in [1.54, 1.807) is 0 Å². The third-order valence-corrected chi connectivity index (χ3v) is 2.77. The molecule has 0 aromatic heterocycles. The van der Waals surface area contributed by atoms with Crippen LogP contribution in [0.25, 0.3) is 0 Å². The van der Waals surface area contributed by atoms with E-state index < -0.39 is 23.6 Å². The Labute approximate surface area is 111 Å². The number of ether oxygens (including phenoxy) is 1. The Morgan fingerprint density at radius 1 is 1.50 bits per heavy atom. The minimum Gasteiger partial charge on any atom is -0.389 e. The maximum atomic E-state index is 13.0. The summed E-state index contributed by atoms with van der Waals surface area (Å²) in [5.74, 6) is -2.77. The third-order valence-electron chi connectivity index (χ3n) is 2.11. The molecule has 0 aliphatic heterocycles. The summed E-state index contributed by atoms with van der Waals surface area (Å²) >= 11 is 2.96. The van der Waals surface area contributed by atoms with E-state index in [-0.39, 0.29) is 23.2 Å². The highest BCUT2D eigenvalue weighted by Crippen LogP contribution is 2.20. The Balaban J connectivity index is 2.70. The van der Waals surface area contributed by atoms with E-state index in [4.69, 9.17) is 0 Å². The zero-order valence-corrected chi connectivity index (χ0v) is 11.1. The van der Waals surface area contributed by atoms with E-state index in [2.05, 4.69) is 26.0 Å². The number of carbonyl (C=O) groups excluding carboxylic acids is 1. The fourth-order valence-corrected chi connectivity index (χ4v) is 1.75. The number of aliphatic hydroxyl groups is 1. The number of carbonyl (C=O) groups is 1. The van der Waals surface area contributed by atoms with E-state index in [0.29, 0.717) is 0 Å². The Morgan fingerprint density at radius 3 is 2.72 bits per heavy atom. The van der Waals surface area contributed by atoms with Crippen LogP contribution >= 0.6 is 15.9 Å². The lowest BCUT2D eigenvalue weighted by Crippen LogP contribution is -2.34. The minimum absolute atomic E-state index is 0.0430. The second-order valence-corrected chi connectivity index (χ2v) is 4.42. The second-order valence-electron chi connectivity index (χ2n) is 3.57. The van der Waals surface area contributed by atoms with Crippen LogP contribution in [0.3, 0.4) is 0 Å². The average Bonchev–Trinajstić information content (AvgIpc) is 2.31. The predicted molar refractivity (Wildman–Crippen MR) is 64.3 cm³/mol. The van der Waals surface area contributed by atoms with Gasteiger partial charge in [0.25, 0.3) is 5.91 Å². The predicted octanol–water partition coefficient (Wildman–Crippen LogP) is 1.46. The molecule has 7 heteroatoms. The molecule has 100 valence electrons. The summed E-state index contributed by atoms with van der Waals surface area (Å²) in [6.45, 7) is 0.0251. The smallest absolute Gasteiger partial charge is 0.252 e. The van der Waals surface area contributed by atoms with Crippen LogP contribution in [0.5, 0.6) is 0 Å². The summed E-state index contributed by atoms with van der Waals surface area (Å²) in [4.78, 5) is 11.7. The highest BCUT2D eigenvalue weighted by Gasteiger charge is 2.15. The zero-order chi connectivity index (χ0) is 13.7. The topological polar surface area (TPSA) is 58.6 Å². The van der Waals surface area contributed by atoms with Gasteiger partial charge in [0.05, 0.1) is 18.3 Å². The average molecular weight is 324 g/mol. The first kappa shape index (κ1) is 15.0. The summed E-state index contributed by atoms with van der Waals surface area (Å²) in [6, 6.07) is 1.66. The van der Waals surface area contributed by atoms with Gasteiger partial charge in [-0.25, -0.2) is 8.78 Å². The third kappa shape index (κ3) is 4.01. The van der Waals surface area contributed by atoms with Crippen LogP contribution in [-0.2, 0) is 4.74 Å². The lowest BCUT2D eigenvalue weighted by molar-refractivity contribution is 0.0609. The number of amides is 1. The molecule has 0 saturated heterocycles. The van der Waals surface area contributed by atoms with Crippen molar-refractivity contribution in [3.05, 3.63) is 33.8 Å². The van der Waals surface area contributed by atoms with Gasteiger partial charge in [0, 0.05) is 18.1 Å². The highest BCUT2D eigenvalue weighted by molar-refractivity contribution is 9.10. The maximum absolute atomic E-state index is 13.0. The monoisotopic (exact) mass is 323 g/mol. The summed E-state index contributed by atoms with van der Waals surface area (Å²) < 4.78 is 30.7. The highest BCUT2D eigenvalue weighted by atomic mass is 79.9. The van der Waals surface area contributed by atoms with Gasteiger partial charge in [-0.1, -0.05) is 0 Å². The first-order valence-electron chi connectivity index (χ1n) is 5.05. The van der Waals surface area contributed by atoms with Crippen molar-refractivity contribution in [3.8, 4) is 0 Å². The van der Waals surface area contributed by atoms with Crippen LogP contribution < -0.4 is 5.32 Å². The molecule has 1 rings (SSSR count). The molecule has 1 unspecified atom stereocenters. The number of benzene rings is 1. The van der Waals surface area contributed by atoms with Crippen LogP contribution in [-0.4, -0.2) is 37.4 Å². The van der Waals surface area contributed by atoms with Gasteiger partial charge in [-0.3, -0.25) is 4.79 Å². The van der Waals surface area contributed by atoms with Gasteiger partial charge in [0.1, 0.15) is 0 Å². The van der Waals surface area contributed by atoms with Crippen LogP contribution in [0.15, 0.2) is 16.6 Å². The molecule has 1 aromatic carbocycles. The van der Waals surface area contributed by atoms with Gasteiger partial charge in [0.15, 0.2) is 11.6 Å². The van der Waals surface area contributed by atoms with Gasteiger partial charge >= 0.3 is 0 Å². The molecule has 0 heterocycles. The molecule has 4 nitrogen and oxygen atoms in total.